The average molecular weight is 196 g/mol. The molecule has 2 aromatic carbocycles. The molecule has 0 radical (unpaired) electrons. The summed E-state index contributed by atoms with van der Waals surface area (Å²) < 4.78 is 0. The first-order valence-electron chi connectivity index (χ1n) is 5.32. The third-order valence-corrected chi connectivity index (χ3v) is 2.87. The second-order valence-corrected chi connectivity index (χ2v) is 4.08. The standard InChI is InChI=1S/C15H16/c1-4-5-14-12(3)7-8-13-10-11(2)6-9-15(13)14/h4,6-10H,1,5H2,2-3H3. The van der Waals surface area contributed by atoms with Gasteiger partial charge in [0.2, 0.25) is 0 Å². The largest absolute Gasteiger partial charge is 0.103 e. The van der Waals surface area contributed by atoms with E-state index < -0.39 is 0 Å². The molecule has 0 bridgehead atoms. The highest BCUT2D eigenvalue weighted by Crippen LogP contribution is 2.23. The number of hydrogen-bond acceptors (Lipinski definition) is 0. The van der Waals surface area contributed by atoms with Crippen molar-refractivity contribution in [3.8, 4) is 0 Å². The zero-order chi connectivity index (χ0) is 10.8. The molecule has 15 heavy (non-hydrogen) atoms. The Labute approximate surface area is 91.2 Å². The zero-order valence-electron chi connectivity index (χ0n) is 9.38. The van der Waals surface area contributed by atoms with Gasteiger partial charge in [-0.15, -0.1) is 6.58 Å². The first-order valence-corrected chi connectivity index (χ1v) is 5.32. The van der Waals surface area contributed by atoms with Crippen molar-refractivity contribution in [1.29, 1.82) is 0 Å². The summed E-state index contributed by atoms with van der Waals surface area (Å²) in [6.07, 6.45) is 2.92. The van der Waals surface area contributed by atoms with Crippen LogP contribution < -0.4 is 0 Å². The van der Waals surface area contributed by atoms with E-state index in [2.05, 4.69) is 50.8 Å². The van der Waals surface area contributed by atoms with Crippen molar-refractivity contribution in [3.63, 3.8) is 0 Å². The van der Waals surface area contributed by atoms with Crippen LogP contribution >= 0.6 is 0 Å². The normalized spacial score (nSPS) is 10.5. The van der Waals surface area contributed by atoms with Gasteiger partial charge in [-0.05, 0) is 42.2 Å². The summed E-state index contributed by atoms with van der Waals surface area (Å²) in [5.41, 5.74) is 4.07. The van der Waals surface area contributed by atoms with E-state index in [0.29, 0.717) is 0 Å². The van der Waals surface area contributed by atoms with Crippen LogP contribution in [0.5, 0.6) is 0 Å². The molecule has 0 atom stereocenters. The van der Waals surface area contributed by atoms with Crippen molar-refractivity contribution >= 4 is 10.8 Å². The second-order valence-electron chi connectivity index (χ2n) is 4.08. The summed E-state index contributed by atoms with van der Waals surface area (Å²) in [7, 11) is 0. The predicted molar refractivity (Wildman–Crippen MR) is 67.3 cm³/mol. The maximum atomic E-state index is 3.82. The van der Waals surface area contributed by atoms with Gasteiger partial charge in [0.05, 0.1) is 0 Å². The molecule has 0 aromatic heterocycles. The van der Waals surface area contributed by atoms with Crippen molar-refractivity contribution in [2.75, 3.05) is 0 Å². The van der Waals surface area contributed by atoms with E-state index in [1.807, 2.05) is 6.08 Å². The average Bonchev–Trinajstić information content (AvgIpc) is 2.22. The molecule has 0 saturated heterocycles. The van der Waals surface area contributed by atoms with Gasteiger partial charge >= 0.3 is 0 Å². The highest BCUT2D eigenvalue weighted by Gasteiger charge is 2.02. The van der Waals surface area contributed by atoms with Gasteiger partial charge in [0, 0.05) is 0 Å². The molecule has 0 N–H and O–H groups in total. The van der Waals surface area contributed by atoms with Crippen molar-refractivity contribution in [3.05, 3.63) is 59.7 Å². The molecule has 0 amide bonds. The van der Waals surface area contributed by atoms with E-state index in [4.69, 9.17) is 0 Å². The van der Waals surface area contributed by atoms with Crippen molar-refractivity contribution in [2.45, 2.75) is 20.3 Å². The fraction of sp³-hybridized carbons (Fsp3) is 0.200. The van der Waals surface area contributed by atoms with Crippen LogP contribution in [0.3, 0.4) is 0 Å². The Balaban J connectivity index is 2.75. The summed E-state index contributed by atoms with van der Waals surface area (Å²) in [4.78, 5) is 0. The van der Waals surface area contributed by atoms with Crippen molar-refractivity contribution in [2.24, 2.45) is 0 Å². The van der Waals surface area contributed by atoms with E-state index in [0.717, 1.165) is 6.42 Å². The van der Waals surface area contributed by atoms with E-state index in [9.17, 15) is 0 Å². The molecule has 0 aliphatic rings. The molecule has 0 unspecified atom stereocenters. The molecular formula is C15H16. The number of benzene rings is 2. The molecule has 0 heteroatoms. The summed E-state index contributed by atoms with van der Waals surface area (Å²) in [5.74, 6) is 0. The monoisotopic (exact) mass is 196 g/mol. The summed E-state index contributed by atoms with van der Waals surface area (Å²) in [6, 6.07) is 11.0. The van der Waals surface area contributed by atoms with Crippen LogP contribution in [0.15, 0.2) is 43.0 Å². The van der Waals surface area contributed by atoms with Gasteiger partial charge < -0.3 is 0 Å². The topological polar surface area (TPSA) is 0 Å². The summed E-state index contributed by atoms with van der Waals surface area (Å²) in [5, 5.41) is 2.69. The lowest BCUT2D eigenvalue weighted by molar-refractivity contribution is 1.25. The van der Waals surface area contributed by atoms with Crippen molar-refractivity contribution in [1.82, 2.24) is 0 Å². The molecule has 0 heterocycles. The molecule has 2 rings (SSSR count). The predicted octanol–water partition coefficient (Wildman–Crippen LogP) is 4.19. The maximum Gasteiger partial charge on any atom is -0.00913 e. The SMILES string of the molecule is C=CCc1c(C)ccc2cc(C)ccc12. The van der Waals surface area contributed by atoms with Gasteiger partial charge in [-0.2, -0.15) is 0 Å². The fourth-order valence-corrected chi connectivity index (χ4v) is 2.04. The van der Waals surface area contributed by atoms with Crippen LogP contribution in [0.4, 0.5) is 0 Å². The van der Waals surface area contributed by atoms with Gasteiger partial charge in [-0.1, -0.05) is 42.0 Å². The molecule has 0 aliphatic heterocycles. The minimum Gasteiger partial charge on any atom is -0.103 e. The Morgan fingerprint density at radius 3 is 2.67 bits per heavy atom. The highest BCUT2D eigenvalue weighted by atomic mass is 14.1. The lowest BCUT2D eigenvalue weighted by atomic mass is 9.96. The number of hydrogen-bond donors (Lipinski definition) is 0. The van der Waals surface area contributed by atoms with Crippen LogP contribution in [0.25, 0.3) is 10.8 Å². The number of rotatable bonds is 2. The molecule has 76 valence electrons. The minimum absolute atomic E-state index is 0.951. The van der Waals surface area contributed by atoms with E-state index in [1.165, 1.54) is 27.5 Å². The van der Waals surface area contributed by atoms with E-state index >= 15 is 0 Å². The lowest BCUT2D eigenvalue weighted by Crippen LogP contribution is -1.89. The summed E-state index contributed by atoms with van der Waals surface area (Å²) >= 11 is 0. The zero-order valence-corrected chi connectivity index (χ0v) is 9.38. The lowest BCUT2D eigenvalue weighted by Gasteiger charge is -2.08. The Kier molecular flexibility index (Phi) is 2.59. The smallest absolute Gasteiger partial charge is 0.00913 e. The molecule has 0 saturated carbocycles. The Bertz CT molecular complexity index is 507. The Morgan fingerprint density at radius 2 is 1.93 bits per heavy atom. The molecule has 0 nitrogen and oxygen atoms in total. The van der Waals surface area contributed by atoms with E-state index in [-0.39, 0.29) is 0 Å². The van der Waals surface area contributed by atoms with E-state index in [1.54, 1.807) is 0 Å². The van der Waals surface area contributed by atoms with Gasteiger partial charge in [0.25, 0.3) is 0 Å². The summed E-state index contributed by atoms with van der Waals surface area (Å²) in [6.45, 7) is 8.12. The molecular weight excluding hydrogens is 180 g/mol. The van der Waals surface area contributed by atoms with Crippen LogP contribution in [0.1, 0.15) is 16.7 Å². The maximum absolute atomic E-state index is 3.82. The van der Waals surface area contributed by atoms with Gasteiger partial charge in [-0.25, -0.2) is 0 Å². The van der Waals surface area contributed by atoms with Crippen LogP contribution in [-0.4, -0.2) is 0 Å². The molecule has 0 aliphatic carbocycles. The number of aryl methyl sites for hydroxylation is 2. The first kappa shape index (κ1) is 9.97. The van der Waals surface area contributed by atoms with Gasteiger partial charge in [0.1, 0.15) is 0 Å². The third kappa shape index (κ3) is 1.80. The van der Waals surface area contributed by atoms with Crippen molar-refractivity contribution < 1.29 is 0 Å². The Hall–Kier alpha value is -1.56. The van der Waals surface area contributed by atoms with Crippen LogP contribution in [-0.2, 0) is 6.42 Å². The molecule has 2 aromatic rings. The number of fused-ring (bicyclic) bond motifs is 1. The fourth-order valence-electron chi connectivity index (χ4n) is 2.04. The second kappa shape index (κ2) is 3.90. The first-order chi connectivity index (χ1) is 7.22. The molecule has 0 spiro atoms. The number of allylic oxidation sites excluding steroid dienone is 1. The van der Waals surface area contributed by atoms with Crippen LogP contribution in [0.2, 0.25) is 0 Å². The third-order valence-electron chi connectivity index (χ3n) is 2.87. The molecule has 0 fully saturated rings. The highest BCUT2D eigenvalue weighted by molar-refractivity contribution is 5.87. The van der Waals surface area contributed by atoms with Gasteiger partial charge in [-0.3, -0.25) is 0 Å². The van der Waals surface area contributed by atoms with Crippen LogP contribution in [0, 0.1) is 13.8 Å². The van der Waals surface area contributed by atoms with Gasteiger partial charge in [0.15, 0.2) is 0 Å². The minimum atomic E-state index is 0.951. The Morgan fingerprint density at radius 1 is 1.13 bits per heavy atom. The quantitative estimate of drug-likeness (QED) is 0.632.